The normalized spacial score (nSPS) is 14.3. The molecule has 1 amide bonds. The zero-order valence-electron chi connectivity index (χ0n) is 29.1. The molecule has 0 aromatic carbocycles. The number of rotatable bonds is 33. The van der Waals surface area contributed by atoms with Gasteiger partial charge in [-0.15, -0.1) is 0 Å². The second kappa shape index (κ2) is 31.2. The lowest BCUT2D eigenvalue weighted by atomic mass is 10.1. The largest absolute Gasteiger partial charge is 0.480 e. The summed E-state index contributed by atoms with van der Waals surface area (Å²) in [6, 6.07) is -1.54. The van der Waals surface area contributed by atoms with Crippen molar-refractivity contribution in [3.8, 4) is 0 Å². The zero-order valence-corrected chi connectivity index (χ0v) is 30.0. The van der Waals surface area contributed by atoms with Crippen molar-refractivity contribution in [3.63, 3.8) is 0 Å². The summed E-state index contributed by atoms with van der Waals surface area (Å²) < 4.78 is 26.6. The minimum absolute atomic E-state index is 0.144. The van der Waals surface area contributed by atoms with Gasteiger partial charge in [-0.2, -0.15) is 0 Å². The van der Waals surface area contributed by atoms with Crippen LogP contribution in [0.15, 0.2) is 24.3 Å². The van der Waals surface area contributed by atoms with Crippen molar-refractivity contribution in [2.45, 2.75) is 161 Å². The number of phosphoric ester groups is 1. The number of esters is 1. The summed E-state index contributed by atoms with van der Waals surface area (Å²) >= 11 is 0. The maximum absolute atomic E-state index is 12.1. The highest BCUT2D eigenvalue weighted by atomic mass is 31.2. The number of hydrogen-bond acceptors (Lipinski definition) is 8. The number of amides is 1. The molecule has 0 spiro atoms. The first-order chi connectivity index (χ1) is 22.6. The Morgan fingerprint density at radius 2 is 1.17 bits per heavy atom. The molecule has 12 heteroatoms. The molecule has 0 saturated heterocycles. The number of aliphatic hydroxyl groups is 1. The van der Waals surface area contributed by atoms with E-state index >= 15 is 0 Å². The number of nitrogens with one attached hydrogen (secondary N) is 1. The lowest BCUT2D eigenvalue weighted by molar-refractivity contribution is -0.147. The van der Waals surface area contributed by atoms with Crippen LogP contribution in [0.2, 0.25) is 0 Å². The second-order valence-electron chi connectivity index (χ2n) is 12.1. The molecule has 274 valence electrons. The first kappa shape index (κ1) is 45.0. The van der Waals surface area contributed by atoms with Gasteiger partial charge in [-0.05, 0) is 44.9 Å². The molecule has 3 unspecified atom stereocenters. The van der Waals surface area contributed by atoms with Crippen molar-refractivity contribution in [2.75, 3.05) is 19.8 Å². The van der Waals surface area contributed by atoms with E-state index < -0.39 is 57.6 Å². The Balaban J connectivity index is 3.96. The van der Waals surface area contributed by atoms with Crippen LogP contribution in [0, 0.1) is 0 Å². The first-order valence-electron chi connectivity index (χ1n) is 17.9. The third kappa shape index (κ3) is 31.0. The fourth-order valence-electron chi connectivity index (χ4n) is 4.64. The summed E-state index contributed by atoms with van der Waals surface area (Å²) in [6.45, 7) is 2.46. The molecule has 0 aliphatic carbocycles. The Morgan fingerprint density at radius 1 is 0.681 bits per heavy atom. The van der Waals surface area contributed by atoms with Crippen molar-refractivity contribution in [1.82, 2.24) is 5.32 Å². The molecule has 4 N–H and O–H groups in total. The summed E-state index contributed by atoms with van der Waals surface area (Å²) in [4.78, 5) is 45.4. The quantitative estimate of drug-likeness (QED) is 0.0230. The Morgan fingerprint density at radius 3 is 1.74 bits per heavy atom. The predicted molar refractivity (Wildman–Crippen MR) is 185 cm³/mol. The van der Waals surface area contributed by atoms with Crippen LogP contribution >= 0.6 is 7.82 Å². The molecule has 0 rings (SSSR count). The number of ether oxygens (including phenoxy) is 1. The molecule has 0 fully saturated rings. The molecule has 11 nitrogen and oxygen atoms in total. The standard InChI is InChI=1S/C35H64NO10P/c1-3-5-7-9-11-12-13-14-15-16-17-18-19-21-23-25-27-34(39)44-28-31(37)29-45-47(42,43)46-30-32(35(40)41)36-33(38)26-24-22-20-10-8-6-4-2/h12-13,15-16,31-32,37H,3-11,14,17-30H2,1-2H3,(H,36,38)(H,40,41)(H,42,43)/b13-12-,16-15-. The minimum Gasteiger partial charge on any atom is -0.480 e. The Hall–Kier alpha value is -2.04. The zero-order chi connectivity index (χ0) is 35.0. The van der Waals surface area contributed by atoms with Crippen molar-refractivity contribution >= 4 is 25.7 Å². The van der Waals surface area contributed by atoms with Crippen LogP contribution in [0.3, 0.4) is 0 Å². The lowest BCUT2D eigenvalue weighted by Crippen LogP contribution is -2.43. The van der Waals surface area contributed by atoms with Gasteiger partial charge >= 0.3 is 19.8 Å². The van der Waals surface area contributed by atoms with E-state index in [9.17, 15) is 34.1 Å². The monoisotopic (exact) mass is 689 g/mol. The van der Waals surface area contributed by atoms with Crippen LogP contribution in [0.4, 0.5) is 0 Å². The fourth-order valence-corrected chi connectivity index (χ4v) is 5.41. The van der Waals surface area contributed by atoms with Gasteiger partial charge in [-0.3, -0.25) is 18.6 Å². The van der Waals surface area contributed by atoms with Gasteiger partial charge in [0, 0.05) is 12.8 Å². The molecule has 0 radical (unpaired) electrons. The number of hydrogen-bond donors (Lipinski definition) is 4. The van der Waals surface area contributed by atoms with Crippen LogP contribution < -0.4 is 5.32 Å². The number of unbranched alkanes of at least 4 members (excludes halogenated alkanes) is 15. The maximum atomic E-state index is 12.1. The van der Waals surface area contributed by atoms with Crippen LogP contribution in [0.1, 0.15) is 149 Å². The highest BCUT2D eigenvalue weighted by Crippen LogP contribution is 2.43. The SMILES string of the molecule is CCCCCC/C=C\C/C=C\CCCCCCCC(=O)OCC(O)COP(=O)(O)OCC(NC(=O)CCCCCCCCC)C(=O)O. The average Bonchev–Trinajstić information content (AvgIpc) is 3.04. The minimum atomic E-state index is -4.74. The summed E-state index contributed by atoms with van der Waals surface area (Å²) in [5, 5.41) is 21.6. The van der Waals surface area contributed by atoms with Crippen LogP contribution in [0.25, 0.3) is 0 Å². The topological polar surface area (TPSA) is 169 Å². The fraction of sp³-hybridized carbons (Fsp3) is 0.800. The van der Waals surface area contributed by atoms with Crippen LogP contribution in [0.5, 0.6) is 0 Å². The van der Waals surface area contributed by atoms with E-state index in [0.717, 1.165) is 70.6 Å². The van der Waals surface area contributed by atoms with Crippen LogP contribution in [-0.4, -0.2) is 64.9 Å². The van der Waals surface area contributed by atoms with Gasteiger partial charge in [0.1, 0.15) is 12.7 Å². The van der Waals surface area contributed by atoms with Gasteiger partial charge in [-0.25, -0.2) is 9.36 Å². The summed E-state index contributed by atoms with van der Waals surface area (Å²) in [5.74, 6) is -2.40. The number of carboxylic acids is 1. The van der Waals surface area contributed by atoms with Crippen molar-refractivity contribution < 1.29 is 47.8 Å². The highest BCUT2D eigenvalue weighted by Gasteiger charge is 2.28. The number of carbonyl (C=O) groups excluding carboxylic acids is 2. The van der Waals surface area contributed by atoms with Crippen molar-refractivity contribution in [1.29, 1.82) is 0 Å². The van der Waals surface area contributed by atoms with Crippen molar-refractivity contribution in [2.24, 2.45) is 0 Å². The van der Waals surface area contributed by atoms with E-state index in [4.69, 9.17) is 13.8 Å². The number of carbonyl (C=O) groups is 3. The number of aliphatic carboxylic acids is 1. The molecular formula is C35H64NO10P. The summed E-state index contributed by atoms with van der Waals surface area (Å²) in [6.07, 6.45) is 28.1. The van der Waals surface area contributed by atoms with Gasteiger partial charge in [0.05, 0.1) is 13.2 Å². The number of allylic oxidation sites excluding steroid dienone is 4. The van der Waals surface area contributed by atoms with E-state index in [0.29, 0.717) is 12.8 Å². The molecule has 0 aliphatic heterocycles. The van der Waals surface area contributed by atoms with E-state index in [1.807, 2.05) is 0 Å². The van der Waals surface area contributed by atoms with E-state index in [1.165, 1.54) is 38.5 Å². The molecule has 0 saturated carbocycles. The van der Waals surface area contributed by atoms with Crippen molar-refractivity contribution in [3.05, 3.63) is 24.3 Å². The number of carboxylic acid groups (broad SMARTS) is 1. The van der Waals surface area contributed by atoms with Crippen LogP contribution in [-0.2, 0) is 32.7 Å². The molecule has 47 heavy (non-hydrogen) atoms. The molecular weight excluding hydrogens is 625 g/mol. The second-order valence-corrected chi connectivity index (χ2v) is 13.5. The van der Waals surface area contributed by atoms with E-state index in [2.05, 4.69) is 43.5 Å². The Kier molecular flexibility index (Phi) is 29.9. The maximum Gasteiger partial charge on any atom is 0.472 e. The summed E-state index contributed by atoms with van der Waals surface area (Å²) in [7, 11) is -4.74. The smallest absolute Gasteiger partial charge is 0.472 e. The third-order valence-electron chi connectivity index (χ3n) is 7.49. The van der Waals surface area contributed by atoms with Gasteiger partial charge in [0.25, 0.3) is 0 Å². The third-order valence-corrected chi connectivity index (χ3v) is 8.44. The molecule has 0 aliphatic rings. The molecule has 0 bridgehead atoms. The Bertz CT molecular complexity index is 911. The first-order valence-corrected chi connectivity index (χ1v) is 19.4. The lowest BCUT2D eigenvalue weighted by Gasteiger charge is -2.18. The Labute approximate surface area is 283 Å². The average molecular weight is 690 g/mol. The number of phosphoric acid groups is 1. The summed E-state index contributed by atoms with van der Waals surface area (Å²) in [5.41, 5.74) is 0. The molecule has 0 aromatic heterocycles. The van der Waals surface area contributed by atoms with Gasteiger partial charge in [0.2, 0.25) is 5.91 Å². The van der Waals surface area contributed by atoms with Gasteiger partial charge in [0.15, 0.2) is 6.04 Å². The molecule has 0 heterocycles. The molecule has 0 aromatic rings. The highest BCUT2D eigenvalue weighted by molar-refractivity contribution is 7.47. The molecule has 3 atom stereocenters. The predicted octanol–water partition coefficient (Wildman–Crippen LogP) is 7.94. The van der Waals surface area contributed by atoms with E-state index in [1.54, 1.807) is 0 Å². The van der Waals surface area contributed by atoms with E-state index in [-0.39, 0.29) is 12.8 Å². The van der Waals surface area contributed by atoms with Gasteiger partial charge in [-0.1, -0.05) is 115 Å². The van der Waals surface area contributed by atoms with Gasteiger partial charge < -0.3 is 25.2 Å². The number of aliphatic hydroxyl groups excluding tert-OH is 1.